The van der Waals surface area contributed by atoms with Crippen LogP contribution in [0.25, 0.3) is 0 Å². The molecule has 1 saturated heterocycles. The van der Waals surface area contributed by atoms with Gasteiger partial charge in [-0.15, -0.1) is 12.4 Å². The van der Waals surface area contributed by atoms with Crippen molar-refractivity contribution in [2.45, 2.75) is 329 Å². The Morgan fingerprint density at radius 2 is 0.534 bits per heavy atom. The number of ether oxygens (including phenoxy) is 3. The number of hydrogen-bond donors (Lipinski definition) is 3. The van der Waals surface area contributed by atoms with Gasteiger partial charge in [-0.2, -0.15) is 0 Å². The molecule has 7 nitrogen and oxygen atoms in total. The molecule has 1 aliphatic heterocycles. The summed E-state index contributed by atoms with van der Waals surface area (Å²) in [7, 11) is 0. The molecular weight excluding hydrogens is 924 g/mol. The second kappa shape index (κ2) is 59.5. The summed E-state index contributed by atoms with van der Waals surface area (Å²) in [4.78, 5) is 12.3. The average Bonchev–Trinajstić information content (AvgIpc) is 3.40. The summed E-state index contributed by atoms with van der Waals surface area (Å²) in [5, 5.41) is 16.5. The Morgan fingerprint density at radius 1 is 0.342 bits per heavy atom. The highest BCUT2D eigenvalue weighted by molar-refractivity contribution is 5.89. The van der Waals surface area contributed by atoms with Crippen LogP contribution in [0.3, 0.4) is 0 Å². The highest BCUT2D eigenvalue weighted by atomic mass is 35.5. The van der Waals surface area contributed by atoms with Crippen LogP contribution < -0.4 is 24.8 Å². The van der Waals surface area contributed by atoms with Crippen LogP contribution >= 0.6 is 12.4 Å². The Kier molecular flexibility index (Phi) is 58.2. The van der Waals surface area contributed by atoms with E-state index in [4.69, 9.17) is 14.2 Å². The smallest absolute Gasteiger partial charge is 0.335 e. The molecule has 1 aromatic rings. The number of rotatable bonds is 55. The maximum Gasteiger partial charge on any atom is 0.335 e. The second-order valence-electron chi connectivity index (χ2n) is 22.1. The van der Waals surface area contributed by atoms with E-state index in [1.54, 1.807) is 12.1 Å². The summed E-state index contributed by atoms with van der Waals surface area (Å²) in [6, 6.07) is 3.30. The SMILES string of the molecule is C1CNCCN1.CCCCCCCCCCCCCCCCCCOc1cc(C(=O)O)cc(OCCCCCCCCCCCCCCCCCC)c1OCCCCCCCCCCCCCCCCCC.Cl. The number of hydrogen-bond acceptors (Lipinski definition) is 6. The minimum Gasteiger partial charge on any atom is -0.490 e. The predicted molar refractivity (Wildman–Crippen MR) is 322 cm³/mol. The summed E-state index contributed by atoms with van der Waals surface area (Å²) < 4.78 is 19.1. The zero-order valence-electron chi connectivity index (χ0n) is 49.0. The molecule has 0 aromatic heterocycles. The van der Waals surface area contributed by atoms with Gasteiger partial charge < -0.3 is 30.0 Å². The lowest BCUT2D eigenvalue weighted by Gasteiger charge is -2.18. The third-order valence-corrected chi connectivity index (χ3v) is 15.0. The molecule has 0 atom stereocenters. The Labute approximate surface area is 461 Å². The van der Waals surface area contributed by atoms with Crippen molar-refractivity contribution < 1.29 is 24.1 Å². The van der Waals surface area contributed by atoms with Crippen LogP contribution in [-0.2, 0) is 0 Å². The first-order chi connectivity index (χ1) is 35.6. The molecule has 2 rings (SSSR count). The summed E-state index contributed by atoms with van der Waals surface area (Å²) in [5.41, 5.74) is 0.203. The average molecular weight is 1050 g/mol. The largest absolute Gasteiger partial charge is 0.490 e. The molecule has 1 aliphatic rings. The van der Waals surface area contributed by atoms with Gasteiger partial charge >= 0.3 is 5.97 Å². The number of carboxylic acids is 1. The third-order valence-electron chi connectivity index (χ3n) is 15.0. The first-order valence-corrected chi connectivity index (χ1v) is 32.3. The Hall–Kier alpha value is -1.70. The van der Waals surface area contributed by atoms with Crippen molar-refractivity contribution in [2.24, 2.45) is 0 Å². The van der Waals surface area contributed by atoms with Gasteiger partial charge in [0.1, 0.15) is 0 Å². The first-order valence-electron chi connectivity index (χ1n) is 32.3. The Morgan fingerprint density at radius 3 is 0.726 bits per heavy atom. The second-order valence-corrected chi connectivity index (χ2v) is 22.1. The highest BCUT2D eigenvalue weighted by Gasteiger charge is 2.19. The van der Waals surface area contributed by atoms with Gasteiger partial charge in [0, 0.05) is 26.2 Å². The topological polar surface area (TPSA) is 89.1 Å². The lowest BCUT2D eigenvalue weighted by molar-refractivity contribution is 0.0695. The minimum atomic E-state index is -0.959. The van der Waals surface area contributed by atoms with E-state index in [0.29, 0.717) is 37.1 Å². The molecule has 8 heteroatoms. The van der Waals surface area contributed by atoms with Crippen LogP contribution in [0.5, 0.6) is 17.2 Å². The Bertz CT molecular complexity index is 1180. The van der Waals surface area contributed by atoms with E-state index in [0.717, 1.165) is 64.7 Å². The van der Waals surface area contributed by atoms with E-state index in [9.17, 15) is 9.90 Å². The third kappa shape index (κ3) is 49.6. The first kappa shape index (κ1) is 71.3. The molecule has 73 heavy (non-hydrogen) atoms. The fourth-order valence-electron chi connectivity index (χ4n) is 10.1. The number of aromatic carboxylic acids is 1. The predicted octanol–water partition coefficient (Wildman–Crippen LogP) is 20.9. The Balaban J connectivity index is 0.00000685. The molecule has 0 amide bonds. The van der Waals surface area contributed by atoms with Crippen molar-refractivity contribution in [2.75, 3.05) is 46.0 Å². The van der Waals surface area contributed by atoms with Crippen molar-refractivity contribution in [3.05, 3.63) is 17.7 Å². The van der Waals surface area contributed by atoms with Crippen molar-refractivity contribution in [3.63, 3.8) is 0 Å². The zero-order chi connectivity index (χ0) is 51.7. The highest BCUT2D eigenvalue weighted by Crippen LogP contribution is 2.40. The number of benzene rings is 1. The normalized spacial score (nSPS) is 12.3. The summed E-state index contributed by atoms with van der Waals surface area (Å²) >= 11 is 0. The van der Waals surface area contributed by atoms with Crippen molar-refractivity contribution >= 4 is 18.4 Å². The van der Waals surface area contributed by atoms with Crippen LogP contribution in [0.1, 0.15) is 339 Å². The van der Waals surface area contributed by atoms with E-state index >= 15 is 0 Å². The van der Waals surface area contributed by atoms with Gasteiger partial charge in [0.2, 0.25) is 5.75 Å². The lowest BCUT2D eigenvalue weighted by atomic mass is 10.0. The van der Waals surface area contributed by atoms with Gasteiger partial charge in [0.25, 0.3) is 0 Å². The van der Waals surface area contributed by atoms with Gasteiger partial charge in [-0.25, -0.2) is 4.79 Å². The summed E-state index contributed by atoms with van der Waals surface area (Å²) in [5.74, 6) is 0.677. The summed E-state index contributed by atoms with van der Waals surface area (Å²) in [6.45, 7) is 13.2. The van der Waals surface area contributed by atoms with E-state index in [1.165, 1.54) is 270 Å². The monoisotopic (exact) mass is 1050 g/mol. The van der Waals surface area contributed by atoms with Crippen molar-refractivity contribution in [1.29, 1.82) is 0 Å². The van der Waals surface area contributed by atoms with E-state index in [1.807, 2.05) is 0 Å². The van der Waals surface area contributed by atoms with Gasteiger partial charge in [-0.1, -0.05) is 310 Å². The standard InChI is InChI=1S/C61H114O5.C4H10N2.ClH/c1-4-7-10-13-16-19-22-25-28-31-34-37-40-43-46-49-52-64-58-55-57(61(62)63)56-59(65-53-50-47-44-41-38-35-32-29-26-23-20-17-14-11-8-5-2)60(58)66-54-51-48-45-42-39-36-33-30-27-24-21-18-15-12-9-6-3;1-2-6-4-3-5-1;/h55-56H,4-54H2,1-3H3,(H,62,63);5-6H,1-4H2;1H. The molecule has 432 valence electrons. The number of unbranched alkanes of at least 4 members (excludes halogenated alkanes) is 45. The summed E-state index contributed by atoms with van der Waals surface area (Å²) in [6.07, 6.45) is 64.1. The molecular formula is C65H125ClN2O5. The molecule has 1 fully saturated rings. The molecule has 1 heterocycles. The van der Waals surface area contributed by atoms with E-state index in [2.05, 4.69) is 31.4 Å². The van der Waals surface area contributed by atoms with Crippen LogP contribution in [-0.4, -0.2) is 57.1 Å². The number of halogens is 1. The molecule has 0 saturated carbocycles. The molecule has 3 N–H and O–H groups in total. The zero-order valence-corrected chi connectivity index (χ0v) is 49.9. The molecule has 1 aromatic carbocycles. The number of nitrogens with one attached hydrogen (secondary N) is 2. The quantitative estimate of drug-likeness (QED) is 0.0560. The van der Waals surface area contributed by atoms with Crippen LogP contribution in [0.15, 0.2) is 12.1 Å². The van der Waals surface area contributed by atoms with Gasteiger partial charge in [-0.3, -0.25) is 0 Å². The van der Waals surface area contributed by atoms with Crippen LogP contribution in [0.2, 0.25) is 0 Å². The van der Waals surface area contributed by atoms with Crippen LogP contribution in [0, 0.1) is 0 Å². The molecule has 0 aliphatic carbocycles. The van der Waals surface area contributed by atoms with E-state index in [-0.39, 0.29) is 18.0 Å². The lowest BCUT2D eigenvalue weighted by Crippen LogP contribution is -2.39. The molecule has 0 spiro atoms. The van der Waals surface area contributed by atoms with Gasteiger partial charge in [0.15, 0.2) is 11.5 Å². The van der Waals surface area contributed by atoms with Crippen LogP contribution in [0.4, 0.5) is 0 Å². The van der Waals surface area contributed by atoms with Gasteiger partial charge in [0.05, 0.1) is 25.4 Å². The minimum absolute atomic E-state index is 0. The number of piperazine rings is 1. The fourth-order valence-corrected chi connectivity index (χ4v) is 10.1. The number of carboxylic acid groups (broad SMARTS) is 1. The van der Waals surface area contributed by atoms with Crippen molar-refractivity contribution in [3.8, 4) is 17.2 Å². The van der Waals surface area contributed by atoms with Gasteiger partial charge in [-0.05, 0) is 31.4 Å². The molecule has 0 unspecified atom stereocenters. The maximum absolute atomic E-state index is 12.3. The maximum atomic E-state index is 12.3. The van der Waals surface area contributed by atoms with Crippen molar-refractivity contribution in [1.82, 2.24) is 10.6 Å². The molecule has 0 radical (unpaired) electrons. The number of carbonyl (C=O) groups is 1. The van der Waals surface area contributed by atoms with E-state index < -0.39 is 5.97 Å². The fraction of sp³-hybridized carbons (Fsp3) is 0.892. The molecule has 0 bridgehead atoms.